The lowest BCUT2D eigenvalue weighted by molar-refractivity contribution is -0.143. The van der Waals surface area contributed by atoms with Crippen LogP contribution in [-0.2, 0) is 10.2 Å². The van der Waals surface area contributed by atoms with Crippen molar-refractivity contribution in [2.24, 2.45) is 5.73 Å². The average molecular weight is 225 g/mol. The second-order valence-electron chi connectivity index (χ2n) is 4.01. The number of nitrogens with two attached hydrogens (primary N) is 1. The zero-order valence-corrected chi connectivity index (χ0v) is 9.24. The molecule has 0 amide bonds. The molecule has 3 nitrogen and oxygen atoms in total. The minimum atomic E-state index is -1.20. The summed E-state index contributed by atoms with van der Waals surface area (Å²) in [4.78, 5) is 11.3. The van der Waals surface area contributed by atoms with Gasteiger partial charge in [0.05, 0.1) is 5.41 Å². The molecule has 0 spiro atoms. The van der Waals surface area contributed by atoms with Crippen LogP contribution in [0, 0.1) is 5.82 Å². The van der Waals surface area contributed by atoms with Crippen molar-refractivity contribution in [3.05, 3.63) is 35.6 Å². The van der Waals surface area contributed by atoms with E-state index in [-0.39, 0.29) is 5.56 Å². The Kier molecular flexibility index (Phi) is 4.01. The summed E-state index contributed by atoms with van der Waals surface area (Å²) in [5, 5.41) is 9.23. The predicted octanol–water partition coefficient (Wildman–Crippen LogP) is 1.91. The van der Waals surface area contributed by atoms with Crippen LogP contribution in [0.5, 0.6) is 0 Å². The second-order valence-corrected chi connectivity index (χ2v) is 4.01. The summed E-state index contributed by atoms with van der Waals surface area (Å²) < 4.78 is 13.6. The Morgan fingerprint density at radius 2 is 2.12 bits per heavy atom. The highest BCUT2D eigenvalue weighted by molar-refractivity contribution is 5.80. The number of aliphatic carboxylic acids is 1. The molecule has 0 saturated carbocycles. The third-order valence-electron chi connectivity index (χ3n) is 2.82. The Hall–Kier alpha value is -1.42. The van der Waals surface area contributed by atoms with E-state index in [1.807, 2.05) is 0 Å². The Balaban J connectivity index is 3.11. The molecule has 0 heterocycles. The third kappa shape index (κ3) is 2.39. The van der Waals surface area contributed by atoms with Gasteiger partial charge in [0.15, 0.2) is 0 Å². The molecule has 0 aliphatic heterocycles. The Morgan fingerprint density at radius 1 is 1.50 bits per heavy atom. The van der Waals surface area contributed by atoms with Crippen molar-refractivity contribution in [1.82, 2.24) is 0 Å². The number of carbonyl (C=O) groups is 1. The summed E-state index contributed by atoms with van der Waals surface area (Å²) in [6.45, 7) is 1.93. The monoisotopic (exact) mass is 225 g/mol. The highest BCUT2D eigenvalue weighted by Crippen LogP contribution is 2.31. The van der Waals surface area contributed by atoms with Crippen LogP contribution in [0.3, 0.4) is 0 Å². The molecule has 88 valence electrons. The van der Waals surface area contributed by atoms with Gasteiger partial charge in [-0.3, -0.25) is 4.79 Å². The van der Waals surface area contributed by atoms with Crippen LogP contribution in [0.15, 0.2) is 24.3 Å². The van der Waals surface area contributed by atoms with Crippen LogP contribution in [-0.4, -0.2) is 17.6 Å². The number of carboxylic acids is 1. The molecular weight excluding hydrogens is 209 g/mol. The average Bonchev–Trinajstić information content (AvgIpc) is 2.26. The van der Waals surface area contributed by atoms with E-state index in [1.165, 1.54) is 19.1 Å². The van der Waals surface area contributed by atoms with Crippen LogP contribution in [0.1, 0.15) is 25.3 Å². The summed E-state index contributed by atoms with van der Waals surface area (Å²) in [6.07, 6.45) is 0.886. The van der Waals surface area contributed by atoms with Gasteiger partial charge < -0.3 is 10.8 Å². The first-order valence-electron chi connectivity index (χ1n) is 5.21. The molecule has 4 heteroatoms. The maximum Gasteiger partial charge on any atom is 0.313 e. The molecule has 0 aliphatic carbocycles. The maximum absolute atomic E-state index is 13.6. The first-order chi connectivity index (χ1) is 7.52. The molecule has 0 radical (unpaired) electrons. The van der Waals surface area contributed by atoms with Gasteiger partial charge in [-0.1, -0.05) is 18.2 Å². The zero-order valence-electron chi connectivity index (χ0n) is 9.24. The van der Waals surface area contributed by atoms with E-state index >= 15 is 0 Å². The molecular formula is C12H16FNO2. The largest absolute Gasteiger partial charge is 0.481 e. The van der Waals surface area contributed by atoms with E-state index in [2.05, 4.69) is 0 Å². The number of hydrogen-bond acceptors (Lipinski definition) is 2. The van der Waals surface area contributed by atoms with Crippen molar-refractivity contribution in [2.75, 3.05) is 6.54 Å². The van der Waals surface area contributed by atoms with E-state index in [0.29, 0.717) is 19.4 Å². The van der Waals surface area contributed by atoms with Crippen molar-refractivity contribution >= 4 is 5.97 Å². The van der Waals surface area contributed by atoms with Crippen LogP contribution >= 0.6 is 0 Å². The van der Waals surface area contributed by atoms with Gasteiger partial charge in [-0.05, 0) is 32.4 Å². The van der Waals surface area contributed by atoms with E-state index < -0.39 is 17.2 Å². The summed E-state index contributed by atoms with van der Waals surface area (Å²) in [6, 6.07) is 5.98. The van der Waals surface area contributed by atoms with E-state index in [4.69, 9.17) is 5.73 Å². The molecule has 0 fully saturated rings. The standard InChI is InChI=1S/C12H16FNO2/c1-12(11(15)16,7-4-8-14)9-5-2-3-6-10(9)13/h2-3,5-6H,4,7-8,14H2,1H3,(H,15,16). The third-order valence-corrected chi connectivity index (χ3v) is 2.82. The van der Waals surface area contributed by atoms with Crippen LogP contribution in [0.4, 0.5) is 4.39 Å². The fourth-order valence-electron chi connectivity index (χ4n) is 1.72. The van der Waals surface area contributed by atoms with Crippen LogP contribution in [0.25, 0.3) is 0 Å². The molecule has 1 atom stereocenters. The Bertz CT molecular complexity index is 381. The van der Waals surface area contributed by atoms with Crippen molar-refractivity contribution in [3.8, 4) is 0 Å². The summed E-state index contributed by atoms with van der Waals surface area (Å²) >= 11 is 0. The van der Waals surface area contributed by atoms with Crippen molar-refractivity contribution in [1.29, 1.82) is 0 Å². The van der Waals surface area contributed by atoms with Gasteiger partial charge in [-0.15, -0.1) is 0 Å². The van der Waals surface area contributed by atoms with Crippen molar-refractivity contribution < 1.29 is 14.3 Å². The summed E-state index contributed by atoms with van der Waals surface area (Å²) in [5.41, 5.74) is 4.38. The minimum absolute atomic E-state index is 0.218. The van der Waals surface area contributed by atoms with Gasteiger partial charge in [0, 0.05) is 5.56 Å². The number of carboxylic acid groups (broad SMARTS) is 1. The fourth-order valence-corrected chi connectivity index (χ4v) is 1.72. The van der Waals surface area contributed by atoms with Crippen molar-refractivity contribution in [3.63, 3.8) is 0 Å². The first kappa shape index (κ1) is 12.6. The van der Waals surface area contributed by atoms with E-state index in [1.54, 1.807) is 12.1 Å². The van der Waals surface area contributed by atoms with Gasteiger partial charge >= 0.3 is 5.97 Å². The van der Waals surface area contributed by atoms with Gasteiger partial charge in [0.2, 0.25) is 0 Å². The highest BCUT2D eigenvalue weighted by Gasteiger charge is 2.36. The van der Waals surface area contributed by atoms with Crippen LogP contribution < -0.4 is 5.73 Å². The normalized spacial score (nSPS) is 14.4. The highest BCUT2D eigenvalue weighted by atomic mass is 19.1. The molecule has 1 aromatic carbocycles. The lowest BCUT2D eigenvalue weighted by Gasteiger charge is -2.25. The Labute approximate surface area is 94.1 Å². The molecule has 0 aliphatic rings. The second kappa shape index (κ2) is 5.07. The predicted molar refractivity (Wildman–Crippen MR) is 59.7 cm³/mol. The van der Waals surface area contributed by atoms with E-state index in [9.17, 15) is 14.3 Å². The molecule has 16 heavy (non-hydrogen) atoms. The first-order valence-corrected chi connectivity index (χ1v) is 5.21. The zero-order chi connectivity index (χ0) is 12.2. The molecule has 0 bridgehead atoms. The minimum Gasteiger partial charge on any atom is -0.481 e. The molecule has 3 N–H and O–H groups in total. The number of rotatable bonds is 5. The van der Waals surface area contributed by atoms with Crippen LogP contribution in [0.2, 0.25) is 0 Å². The van der Waals surface area contributed by atoms with Gasteiger partial charge in [0.25, 0.3) is 0 Å². The molecule has 0 saturated heterocycles. The van der Waals surface area contributed by atoms with E-state index in [0.717, 1.165) is 0 Å². The van der Waals surface area contributed by atoms with Gasteiger partial charge in [-0.2, -0.15) is 0 Å². The SMILES string of the molecule is CC(CCCN)(C(=O)O)c1ccccc1F. The molecule has 1 aromatic rings. The number of benzene rings is 1. The molecule has 0 aromatic heterocycles. The fraction of sp³-hybridized carbons (Fsp3) is 0.417. The Morgan fingerprint density at radius 3 is 2.62 bits per heavy atom. The maximum atomic E-state index is 13.6. The van der Waals surface area contributed by atoms with Crippen molar-refractivity contribution in [2.45, 2.75) is 25.2 Å². The topological polar surface area (TPSA) is 63.3 Å². The number of halogens is 1. The molecule has 1 unspecified atom stereocenters. The summed E-state index contributed by atoms with van der Waals surface area (Å²) in [7, 11) is 0. The quantitative estimate of drug-likeness (QED) is 0.804. The summed E-state index contributed by atoms with van der Waals surface area (Å²) in [5.74, 6) is -1.50. The molecule has 1 rings (SSSR count). The number of hydrogen-bond donors (Lipinski definition) is 2. The van der Waals surface area contributed by atoms with Gasteiger partial charge in [-0.25, -0.2) is 4.39 Å². The lowest BCUT2D eigenvalue weighted by Crippen LogP contribution is -2.34. The lowest BCUT2D eigenvalue weighted by atomic mass is 9.78. The smallest absolute Gasteiger partial charge is 0.313 e. The van der Waals surface area contributed by atoms with Gasteiger partial charge in [0.1, 0.15) is 5.82 Å².